The molecular formula is C12H8ClNO2. The van der Waals surface area contributed by atoms with Crippen LogP contribution in [0.1, 0.15) is 10.4 Å². The van der Waals surface area contributed by atoms with Gasteiger partial charge in [0.1, 0.15) is 0 Å². The van der Waals surface area contributed by atoms with E-state index in [1.165, 1.54) is 12.3 Å². The molecule has 0 spiro atoms. The van der Waals surface area contributed by atoms with Gasteiger partial charge >= 0.3 is 5.97 Å². The van der Waals surface area contributed by atoms with Crippen molar-refractivity contribution in [2.24, 2.45) is 0 Å². The molecule has 0 aliphatic rings. The molecular weight excluding hydrogens is 226 g/mol. The molecule has 3 nitrogen and oxygen atoms in total. The second-order valence-electron chi connectivity index (χ2n) is 3.22. The van der Waals surface area contributed by atoms with E-state index in [1.54, 1.807) is 0 Å². The first-order valence-electron chi connectivity index (χ1n) is 4.63. The minimum atomic E-state index is -1.03. The number of pyridine rings is 1. The Morgan fingerprint density at radius 3 is 2.56 bits per heavy atom. The van der Waals surface area contributed by atoms with Crippen LogP contribution >= 0.6 is 11.6 Å². The van der Waals surface area contributed by atoms with E-state index in [4.69, 9.17) is 16.7 Å². The zero-order valence-corrected chi connectivity index (χ0v) is 8.98. The fourth-order valence-electron chi connectivity index (χ4n) is 1.43. The van der Waals surface area contributed by atoms with Gasteiger partial charge in [-0.15, -0.1) is 0 Å². The first-order chi connectivity index (χ1) is 7.68. The van der Waals surface area contributed by atoms with Gasteiger partial charge in [-0.2, -0.15) is 0 Å². The molecule has 1 aromatic carbocycles. The molecule has 0 saturated carbocycles. The summed E-state index contributed by atoms with van der Waals surface area (Å²) < 4.78 is 0. The van der Waals surface area contributed by atoms with E-state index in [1.807, 2.05) is 30.3 Å². The third kappa shape index (κ3) is 2.04. The summed E-state index contributed by atoms with van der Waals surface area (Å²) in [4.78, 5) is 15.1. The highest BCUT2D eigenvalue weighted by atomic mass is 35.5. The fraction of sp³-hybridized carbons (Fsp3) is 0. The van der Waals surface area contributed by atoms with Crippen molar-refractivity contribution in [3.8, 4) is 11.3 Å². The van der Waals surface area contributed by atoms with Gasteiger partial charge in [0.05, 0.1) is 16.3 Å². The lowest BCUT2D eigenvalue weighted by atomic mass is 10.1. The molecule has 0 radical (unpaired) electrons. The molecule has 0 fully saturated rings. The van der Waals surface area contributed by atoms with Crippen LogP contribution in [0.2, 0.25) is 5.02 Å². The Labute approximate surface area is 97.3 Å². The van der Waals surface area contributed by atoms with Crippen LogP contribution in [0.4, 0.5) is 0 Å². The first-order valence-corrected chi connectivity index (χ1v) is 5.00. The SMILES string of the molecule is O=C(O)c1cc(Cl)cnc1-c1ccccc1. The molecule has 1 heterocycles. The number of carboxylic acids is 1. The Kier molecular flexibility index (Phi) is 2.88. The average Bonchev–Trinajstić information content (AvgIpc) is 2.30. The summed E-state index contributed by atoms with van der Waals surface area (Å²) in [5.74, 6) is -1.03. The maximum Gasteiger partial charge on any atom is 0.337 e. The molecule has 2 aromatic rings. The van der Waals surface area contributed by atoms with Gasteiger partial charge in [-0.3, -0.25) is 4.98 Å². The van der Waals surface area contributed by atoms with Gasteiger partial charge in [-0.05, 0) is 6.07 Å². The minimum absolute atomic E-state index is 0.110. The molecule has 2 rings (SSSR count). The Hall–Kier alpha value is -1.87. The van der Waals surface area contributed by atoms with E-state index in [0.717, 1.165) is 5.56 Å². The predicted octanol–water partition coefficient (Wildman–Crippen LogP) is 3.10. The summed E-state index contributed by atoms with van der Waals surface area (Å²) in [5, 5.41) is 9.37. The largest absolute Gasteiger partial charge is 0.478 e. The number of halogens is 1. The molecule has 1 N–H and O–H groups in total. The first kappa shape index (κ1) is 10.6. The number of aromatic carboxylic acids is 1. The number of carbonyl (C=O) groups is 1. The number of hydrogen-bond acceptors (Lipinski definition) is 2. The van der Waals surface area contributed by atoms with E-state index in [-0.39, 0.29) is 5.56 Å². The Morgan fingerprint density at radius 2 is 1.94 bits per heavy atom. The summed E-state index contributed by atoms with van der Waals surface area (Å²) in [6.07, 6.45) is 1.44. The average molecular weight is 234 g/mol. The second kappa shape index (κ2) is 4.33. The number of benzene rings is 1. The van der Waals surface area contributed by atoms with Crippen LogP contribution in [-0.4, -0.2) is 16.1 Å². The second-order valence-corrected chi connectivity index (χ2v) is 3.66. The van der Waals surface area contributed by atoms with E-state index in [9.17, 15) is 4.79 Å². The molecule has 0 amide bonds. The molecule has 0 unspecified atom stereocenters. The van der Waals surface area contributed by atoms with Crippen molar-refractivity contribution in [1.82, 2.24) is 4.98 Å². The molecule has 0 aliphatic carbocycles. The molecule has 0 saturated heterocycles. The number of rotatable bonds is 2. The molecule has 4 heteroatoms. The van der Waals surface area contributed by atoms with Gasteiger partial charge in [0.25, 0.3) is 0 Å². The number of nitrogens with zero attached hydrogens (tertiary/aromatic N) is 1. The van der Waals surface area contributed by atoms with Gasteiger partial charge < -0.3 is 5.11 Å². The summed E-state index contributed by atoms with van der Waals surface area (Å²) >= 11 is 5.72. The topological polar surface area (TPSA) is 50.2 Å². The van der Waals surface area contributed by atoms with Crippen LogP contribution in [0.3, 0.4) is 0 Å². The third-order valence-corrected chi connectivity index (χ3v) is 2.34. The zero-order valence-electron chi connectivity index (χ0n) is 8.22. The minimum Gasteiger partial charge on any atom is -0.478 e. The molecule has 1 aromatic heterocycles. The van der Waals surface area contributed by atoms with Crippen molar-refractivity contribution in [1.29, 1.82) is 0 Å². The van der Waals surface area contributed by atoms with Crippen LogP contribution in [0.15, 0.2) is 42.6 Å². The van der Waals surface area contributed by atoms with Crippen molar-refractivity contribution >= 4 is 17.6 Å². The van der Waals surface area contributed by atoms with Crippen LogP contribution < -0.4 is 0 Å². The van der Waals surface area contributed by atoms with Crippen molar-refractivity contribution in [2.75, 3.05) is 0 Å². The predicted molar refractivity (Wildman–Crippen MR) is 61.6 cm³/mol. The van der Waals surface area contributed by atoms with Gasteiger partial charge in [0.2, 0.25) is 0 Å². The lowest BCUT2D eigenvalue weighted by molar-refractivity contribution is 0.0697. The summed E-state index contributed by atoms with van der Waals surface area (Å²) in [6, 6.07) is 10.5. The van der Waals surface area contributed by atoms with Gasteiger partial charge in [-0.25, -0.2) is 4.79 Å². The Bertz CT molecular complexity index is 526. The normalized spacial score (nSPS) is 10.1. The molecule has 0 aliphatic heterocycles. The van der Waals surface area contributed by atoms with E-state index in [0.29, 0.717) is 10.7 Å². The van der Waals surface area contributed by atoms with Crippen molar-refractivity contribution in [3.05, 3.63) is 53.2 Å². The van der Waals surface area contributed by atoms with E-state index >= 15 is 0 Å². The number of hydrogen-bond donors (Lipinski definition) is 1. The van der Waals surface area contributed by atoms with Crippen molar-refractivity contribution in [3.63, 3.8) is 0 Å². The van der Waals surface area contributed by atoms with Crippen LogP contribution in [0, 0.1) is 0 Å². The highest BCUT2D eigenvalue weighted by Gasteiger charge is 2.13. The summed E-state index contributed by atoms with van der Waals surface area (Å²) in [6.45, 7) is 0. The van der Waals surface area contributed by atoms with E-state index < -0.39 is 5.97 Å². The quantitative estimate of drug-likeness (QED) is 0.867. The maximum absolute atomic E-state index is 11.0. The monoisotopic (exact) mass is 233 g/mol. The van der Waals surface area contributed by atoms with Gasteiger partial charge in [-0.1, -0.05) is 41.9 Å². The third-order valence-electron chi connectivity index (χ3n) is 2.13. The standard InChI is InChI=1S/C12H8ClNO2/c13-9-6-10(12(15)16)11(14-7-9)8-4-2-1-3-5-8/h1-7H,(H,15,16). The number of carboxylic acid groups (broad SMARTS) is 1. The van der Waals surface area contributed by atoms with Crippen molar-refractivity contribution in [2.45, 2.75) is 0 Å². The van der Waals surface area contributed by atoms with E-state index in [2.05, 4.69) is 4.98 Å². The highest BCUT2D eigenvalue weighted by Crippen LogP contribution is 2.23. The smallest absolute Gasteiger partial charge is 0.337 e. The van der Waals surface area contributed by atoms with Gasteiger partial charge in [0, 0.05) is 11.8 Å². The van der Waals surface area contributed by atoms with Crippen LogP contribution in [0.25, 0.3) is 11.3 Å². The molecule has 80 valence electrons. The molecule has 16 heavy (non-hydrogen) atoms. The Balaban J connectivity index is 2.61. The maximum atomic E-state index is 11.0. The fourth-order valence-corrected chi connectivity index (χ4v) is 1.59. The highest BCUT2D eigenvalue weighted by molar-refractivity contribution is 6.30. The van der Waals surface area contributed by atoms with Gasteiger partial charge in [0.15, 0.2) is 0 Å². The van der Waals surface area contributed by atoms with Crippen LogP contribution in [0.5, 0.6) is 0 Å². The number of aromatic nitrogens is 1. The lowest BCUT2D eigenvalue weighted by Gasteiger charge is -2.05. The zero-order chi connectivity index (χ0) is 11.5. The summed E-state index contributed by atoms with van der Waals surface area (Å²) in [7, 11) is 0. The Morgan fingerprint density at radius 1 is 1.25 bits per heavy atom. The molecule has 0 atom stereocenters. The molecule has 0 bridgehead atoms. The lowest BCUT2D eigenvalue weighted by Crippen LogP contribution is -2.01. The van der Waals surface area contributed by atoms with Crippen LogP contribution in [-0.2, 0) is 0 Å². The summed E-state index contributed by atoms with van der Waals surface area (Å²) in [5.41, 5.74) is 1.30. The van der Waals surface area contributed by atoms with Crippen molar-refractivity contribution < 1.29 is 9.90 Å².